The topological polar surface area (TPSA) is 277 Å². The van der Waals surface area contributed by atoms with Crippen molar-refractivity contribution in [2.24, 2.45) is 0 Å². The van der Waals surface area contributed by atoms with Crippen LogP contribution in [0.4, 0.5) is 0 Å². The minimum absolute atomic E-state index is 0.0501. The Morgan fingerprint density at radius 3 is 2.11 bits per heavy atom. The molecule has 2 heterocycles. The number of phenols is 6. The highest BCUT2D eigenvalue weighted by molar-refractivity contribution is 5.91. The van der Waals surface area contributed by atoms with E-state index in [2.05, 4.69) is 0 Å². The van der Waals surface area contributed by atoms with Crippen molar-refractivity contribution in [1.82, 2.24) is 0 Å². The SMILES string of the molecule is O=C(OCC1O[C@@H](Oc2ccc(-c3oc4cc(O)cc(O)c4c(=O)c3O)cc2O)C(O)C(O)[C@@H]1O)c1cc(O)c(O)c(O)c1. The van der Waals surface area contributed by atoms with Crippen molar-refractivity contribution in [3.8, 4) is 57.3 Å². The minimum Gasteiger partial charge on any atom is -0.508 e. The standard InChI is InChI=1S/C28H24O16/c29-11-6-13(31)19-17(7-11)42-26(24(38)22(19)36)9-1-2-16(12(30)3-9)43-28-25(39)23(37)21(35)18(44-28)8-41-27(40)10-4-14(32)20(34)15(33)5-10/h1-7,18,21,23,25,28-35,37-39H,8H2/t18?,21-,23?,25?,28-/m1/s1. The lowest BCUT2D eigenvalue weighted by Crippen LogP contribution is -2.60. The molecule has 1 saturated heterocycles. The Balaban J connectivity index is 1.34. The zero-order valence-electron chi connectivity index (χ0n) is 22.1. The fraction of sp³-hybridized carbons (Fsp3) is 0.214. The van der Waals surface area contributed by atoms with E-state index in [4.69, 9.17) is 18.6 Å². The molecule has 1 aliphatic rings. The maximum Gasteiger partial charge on any atom is 0.338 e. The smallest absolute Gasteiger partial charge is 0.338 e. The van der Waals surface area contributed by atoms with E-state index < -0.39 is 100 Å². The molecule has 10 N–H and O–H groups in total. The summed E-state index contributed by atoms with van der Waals surface area (Å²) in [6.07, 6.45) is -8.76. The van der Waals surface area contributed by atoms with Crippen molar-refractivity contribution in [3.05, 3.63) is 58.3 Å². The molecule has 1 aliphatic heterocycles. The summed E-state index contributed by atoms with van der Waals surface area (Å²) in [7, 11) is 0. The highest BCUT2D eigenvalue weighted by Crippen LogP contribution is 2.39. The predicted octanol–water partition coefficient (Wildman–Crippen LogP) is 0.443. The zero-order valence-corrected chi connectivity index (χ0v) is 22.1. The Labute approximate surface area is 244 Å². The number of ether oxygens (including phenoxy) is 3. The molecule has 232 valence electrons. The van der Waals surface area contributed by atoms with E-state index in [1.54, 1.807) is 0 Å². The summed E-state index contributed by atoms with van der Waals surface area (Å²) in [5.41, 5.74) is -1.71. The quantitative estimate of drug-likeness (QED) is 0.104. The molecule has 0 bridgehead atoms. The van der Waals surface area contributed by atoms with Crippen molar-refractivity contribution in [3.63, 3.8) is 0 Å². The van der Waals surface area contributed by atoms with Crippen LogP contribution in [0.2, 0.25) is 0 Å². The van der Waals surface area contributed by atoms with Crippen LogP contribution in [0.3, 0.4) is 0 Å². The Hall–Kier alpha value is -5.42. The Morgan fingerprint density at radius 1 is 0.773 bits per heavy atom. The normalized spacial score (nSPS) is 21.7. The van der Waals surface area contributed by atoms with E-state index in [9.17, 15) is 60.7 Å². The van der Waals surface area contributed by atoms with Crippen LogP contribution < -0.4 is 10.2 Å². The van der Waals surface area contributed by atoms with Crippen LogP contribution in [0.15, 0.2) is 51.7 Å². The molecule has 4 aromatic rings. The van der Waals surface area contributed by atoms with E-state index >= 15 is 0 Å². The third-order valence-corrected chi connectivity index (χ3v) is 6.75. The molecule has 0 aliphatic carbocycles. The van der Waals surface area contributed by atoms with Crippen molar-refractivity contribution in [2.75, 3.05) is 6.61 Å². The second-order valence-electron chi connectivity index (χ2n) is 9.72. The fourth-order valence-corrected chi connectivity index (χ4v) is 4.47. The highest BCUT2D eigenvalue weighted by Gasteiger charge is 2.45. The molecule has 16 heteroatoms. The monoisotopic (exact) mass is 616 g/mol. The molecule has 1 aromatic heterocycles. The van der Waals surface area contributed by atoms with E-state index in [0.717, 1.165) is 36.4 Å². The molecule has 3 aromatic carbocycles. The zero-order chi connectivity index (χ0) is 32.0. The number of esters is 1. The van der Waals surface area contributed by atoms with Crippen LogP contribution >= 0.6 is 0 Å². The predicted molar refractivity (Wildman–Crippen MR) is 144 cm³/mol. The number of hydrogen-bond acceptors (Lipinski definition) is 16. The first-order chi connectivity index (χ1) is 20.8. The van der Waals surface area contributed by atoms with Gasteiger partial charge < -0.3 is 69.7 Å². The maximum atomic E-state index is 12.6. The lowest BCUT2D eigenvalue weighted by atomic mass is 9.99. The average molecular weight is 616 g/mol. The number of phenolic OH excluding ortho intramolecular Hbond substituents is 6. The van der Waals surface area contributed by atoms with Gasteiger partial charge in [-0.25, -0.2) is 4.79 Å². The Bertz CT molecular complexity index is 1790. The fourth-order valence-electron chi connectivity index (χ4n) is 4.47. The molecule has 1 fully saturated rings. The van der Waals surface area contributed by atoms with Gasteiger partial charge in [-0.2, -0.15) is 0 Å². The van der Waals surface area contributed by atoms with Gasteiger partial charge in [-0.05, 0) is 30.3 Å². The van der Waals surface area contributed by atoms with Crippen LogP contribution in [0.1, 0.15) is 10.4 Å². The van der Waals surface area contributed by atoms with Gasteiger partial charge in [0.15, 0.2) is 34.5 Å². The third kappa shape index (κ3) is 5.40. The van der Waals surface area contributed by atoms with Gasteiger partial charge in [0.05, 0.1) is 5.56 Å². The lowest BCUT2D eigenvalue weighted by Gasteiger charge is -2.39. The Morgan fingerprint density at radius 2 is 1.45 bits per heavy atom. The molecule has 0 spiro atoms. The van der Waals surface area contributed by atoms with Gasteiger partial charge in [-0.1, -0.05) is 0 Å². The molecule has 3 unspecified atom stereocenters. The first-order valence-electron chi connectivity index (χ1n) is 12.6. The van der Waals surface area contributed by atoms with E-state index in [1.165, 1.54) is 6.07 Å². The van der Waals surface area contributed by atoms with Crippen LogP contribution in [-0.2, 0) is 9.47 Å². The molecule has 0 radical (unpaired) electrons. The third-order valence-electron chi connectivity index (χ3n) is 6.75. The van der Waals surface area contributed by atoms with Crippen molar-refractivity contribution in [1.29, 1.82) is 0 Å². The summed E-state index contributed by atoms with van der Waals surface area (Å²) >= 11 is 0. The molecular formula is C28H24O16. The molecule has 5 rings (SSSR count). The van der Waals surface area contributed by atoms with Crippen LogP contribution in [0, 0.1) is 0 Å². The number of hydrogen-bond donors (Lipinski definition) is 10. The second-order valence-corrected chi connectivity index (χ2v) is 9.72. The first kappa shape index (κ1) is 30.1. The summed E-state index contributed by atoms with van der Waals surface area (Å²) in [5, 5.41) is 100. The van der Waals surface area contributed by atoms with Gasteiger partial charge in [-0.3, -0.25) is 4.79 Å². The number of benzene rings is 3. The molecule has 44 heavy (non-hydrogen) atoms. The Kier molecular flexibility index (Phi) is 7.75. The molecule has 0 saturated carbocycles. The van der Waals surface area contributed by atoms with Gasteiger partial charge in [0.2, 0.25) is 17.5 Å². The summed E-state index contributed by atoms with van der Waals surface area (Å²) in [5.74, 6) is -6.96. The number of rotatable bonds is 6. The minimum atomic E-state index is -1.88. The van der Waals surface area contributed by atoms with Crippen LogP contribution in [0.25, 0.3) is 22.3 Å². The maximum absolute atomic E-state index is 12.6. The largest absolute Gasteiger partial charge is 0.508 e. The van der Waals surface area contributed by atoms with Gasteiger partial charge in [-0.15, -0.1) is 0 Å². The van der Waals surface area contributed by atoms with Crippen molar-refractivity contribution >= 4 is 16.9 Å². The summed E-state index contributed by atoms with van der Waals surface area (Å²) in [6.45, 7) is -0.720. The van der Waals surface area contributed by atoms with Crippen LogP contribution in [0.5, 0.6) is 46.0 Å². The highest BCUT2D eigenvalue weighted by atomic mass is 16.7. The summed E-state index contributed by atoms with van der Waals surface area (Å²) in [6, 6.07) is 6.89. The van der Waals surface area contributed by atoms with Gasteiger partial charge in [0.25, 0.3) is 0 Å². The van der Waals surface area contributed by atoms with E-state index in [1.807, 2.05) is 0 Å². The molecule has 16 nitrogen and oxygen atoms in total. The van der Waals surface area contributed by atoms with E-state index in [-0.39, 0.29) is 22.5 Å². The summed E-state index contributed by atoms with van der Waals surface area (Å²) in [4.78, 5) is 25.0. The van der Waals surface area contributed by atoms with Crippen molar-refractivity contribution < 1.29 is 74.5 Å². The van der Waals surface area contributed by atoms with E-state index in [0.29, 0.717) is 0 Å². The van der Waals surface area contributed by atoms with Crippen molar-refractivity contribution in [2.45, 2.75) is 30.7 Å². The number of aliphatic hydroxyl groups is 3. The second kappa shape index (κ2) is 11.3. The summed E-state index contributed by atoms with van der Waals surface area (Å²) < 4.78 is 21.4. The number of fused-ring (bicyclic) bond motifs is 1. The number of carbonyl (C=O) groups excluding carboxylic acids is 1. The van der Waals surface area contributed by atoms with Crippen LogP contribution in [-0.4, -0.2) is 94.3 Å². The first-order valence-corrected chi connectivity index (χ1v) is 12.6. The molecular weight excluding hydrogens is 592 g/mol. The number of carbonyl (C=O) groups is 1. The van der Waals surface area contributed by atoms with Gasteiger partial charge in [0.1, 0.15) is 53.5 Å². The van der Waals surface area contributed by atoms with Gasteiger partial charge >= 0.3 is 5.97 Å². The number of aliphatic hydroxyl groups excluding tert-OH is 3. The number of aromatic hydroxyl groups is 7. The molecule has 0 amide bonds. The lowest BCUT2D eigenvalue weighted by molar-refractivity contribution is -0.277. The molecule has 5 atom stereocenters. The van der Waals surface area contributed by atoms with Gasteiger partial charge in [0, 0.05) is 17.7 Å². The average Bonchev–Trinajstić information content (AvgIpc) is 2.97.